The van der Waals surface area contributed by atoms with E-state index in [1.807, 2.05) is 0 Å². The first-order valence-electron chi connectivity index (χ1n) is 0.966. The summed E-state index contributed by atoms with van der Waals surface area (Å²) >= 11 is 0. The minimum atomic E-state index is -1.22. The Hall–Kier alpha value is -0.238. The molecule has 4 N–H and O–H groups in total. The molecule has 0 rings (SSSR count). The van der Waals surface area contributed by atoms with E-state index in [4.69, 9.17) is 9.90 Å². The van der Waals surface area contributed by atoms with Crippen LogP contribution in [-0.4, -0.2) is 11.2 Å². The molecule has 0 radical (unpaired) electrons. The van der Waals surface area contributed by atoms with E-state index in [0.717, 1.165) is 0 Å². The number of rotatable bonds is 0. The largest absolute Gasteiger partial charge is 0.464 e. The summed E-state index contributed by atoms with van der Waals surface area (Å²) in [5, 5.41) is 7.49. The molecule has 4 nitrogen and oxygen atoms in total. The average Bonchev–Trinajstić information content (AvgIpc) is 1.38. The molecule has 0 spiro atoms. The predicted molar refractivity (Wildman–Crippen MR) is 15.3 cm³/mol. The molecule has 0 aromatic carbocycles. The third-order valence-corrected chi connectivity index (χ3v) is 0.123. The molecule has 0 bridgehead atoms. The SMILES string of the molecule is NNC(=O)O.[Cr]. The van der Waals surface area contributed by atoms with E-state index >= 15 is 0 Å². The van der Waals surface area contributed by atoms with Gasteiger partial charge < -0.3 is 5.11 Å². The summed E-state index contributed by atoms with van der Waals surface area (Å²) in [7, 11) is 0. The quantitative estimate of drug-likeness (QED) is 0.225. The Morgan fingerprint density at radius 3 is 2.00 bits per heavy atom. The van der Waals surface area contributed by atoms with Crippen molar-refractivity contribution in [3.63, 3.8) is 0 Å². The van der Waals surface area contributed by atoms with Gasteiger partial charge in [0.2, 0.25) is 0 Å². The number of nitrogens with one attached hydrogen (secondary N) is 1. The van der Waals surface area contributed by atoms with Crippen LogP contribution in [0.5, 0.6) is 0 Å². The van der Waals surface area contributed by atoms with Crippen LogP contribution in [0, 0.1) is 0 Å². The van der Waals surface area contributed by atoms with E-state index < -0.39 is 6.09 Å². The normalized spacial score (nSPS) is 5.50. The molecule has 0 atom stereocenters. The molecule has 0 aromatic heterocycles. The van der Waals surface area contributed by atoms with E-state index in [2.05, 4.69) is 5.84 Å². The fraction of sp³-hybridized carbons (Fsp3) is 0. The van der Waals surface area contributed by atoms with Crippen LogP contribution in [0.1, 0.15) is 0 Å². The van der Waals surface area contributed by atoms with Crippen molar-refractivity contribution >= 4 is 6.09 Å². The van der Waals surface area contributed by atoms with Crippen LogP contribution < -0.4 is 11.3 Å². The molecule has 0 aliphatic carbocycles. The van der Waals surface area contributed by atoms with E-state index in [-0.39, 0.29) is 17.4 Å². The van der Waals surface area contributed by atoms with E-state index in [0.29, 0.717) is 0 Å². The zero-order valence-electron chi connectivity index (χ0n) is 2.84. The first-order chi connectivity index (χ1) is 2.27. The minimum Gasteiger partial charge on any atom is -0.464 e. The van der Waals surface area contributed by atoms with Crippen LogP contribution >= 0.6 is 0 Å². The van der Waals surface area contributed by atoms with E-state index in [1.54, 1.807) is 0 Å². The van der Waals surface area contributed by atoms with Gasteiger partial charge in [0.15, 0.2) is 0 Å². The van der Waals surface area contributed by atoms with Gasteiger partial charge in [0.05, 0.1) is 0 Å². The van der Waals surface area contributed by atoms with Crippen molar-refractivity contribution in [3.05, 3.63) is 0 Å². The number of carbonyl (C=O) groups is 1. The zero-order valence-corrected chi connectivity index (χ0v) is 4.12. The Bertz CT molecular complexity index is 46.8. The van der Waals surface area contributed by atoms with Crippen molar-refractivity contribution in [2.24, 2.45) is 5.84 Å². The topological polar surface area (TPSA) is 75.3 Å². The third-order valence-electron chi connectivity index (χ3n) is 0.123. The van der Waals surface area contributed by atoms with Crippen LogP contribution in [-0.2, 0) is 17.4 Å². The standard InChI is InChI=1S/CH4N2O2.Cr/c2-3-1(4)5;/h3H,2H2,(H,4,5);. The molecule has 36 valence electrons. The molecule has 0 saturated carbocycles. The smallest absolute Gasteiger partial charge is 0.418 e. The fourth-order valence-electron chi connectivity index (χ4n) is 0. The van der Waals surface area contributed by atoms with E-state index in [9.17, 15) is 0 Å². The first kappa shape index (κ1) is 9.23. The molecule has 5 heteroatoms. The molecule has 0 saturated heterocycles. The summed E-state index contributed by atoms with van der Waals surface area (Å²) in [6.45, 7) is 0. The van der Waals surface area contributed by atoms with Gasteiger partial charge in [-0.05, 0) is 0 Å². The summed E-state index contributed by atoms with van der Waals surface area (Å²) < 4.78 is 0. The van der Waals surface area contributed by atoms with Crippen molar-refractivity contribution in [1.29, 1.82) is 0 Å². The average molecular weight is 128 g/mol. The van der Waals surface area contributed by atoms with Crippen molar-refractivity contribution in [2.45, 2.75) is 0 Å². The second kappa shape index (κ2) is 4.76. The molecule has 1 amide bonds. The van der Waals surface area contributed by atoms with Gasteiger partial charge in [-0.1, -0.05) is 0 Å². The van der Waals surface area contributed by atoms with Crippen LogP contribution in [0.3, 0.4) is 0 Å². The Balaban J connectivity index is 0. The van der Waals surface area contributed by atoms with Crippen molar-refractivity contribution in [3.8, 4) is 0 Å². The summed E-state index contributed by atoms with van der Waals surface area (Å²) in [6, 6.07) is 0. The van der Waals surface area contributed by atoms with Gasteiger partial charge >= 0.3 is 6.09 Å². The number of hydrogen-bond acceptors (Lipinski definition) is 2. The summed E-state index contributed by atoms with van der Waals surface area (Å²) in [4.78, 5) is 9.13. The van der Waals surface area contributed by atoms with Gasteiger partial charge in [0, 0.05) is 17.4 Å². The molecule has 0 unspecified atom stereocenters. The van der Waals surface area contributed by atoms with Crippen LogP contribution in [0.4, 0.5) is 4.79 Å². The van der Waals surface area contributed by atoms with Crippen molar-refractivity contribution in [2.75, 3.05) is 0 Å². The van der Waals surface area contributed by atoms with E-state index in [1.165, 1.54) is 5.43 Å². The fourth-order valence-corrected chi connectivity index (χ4v) is 0. The number of carboxylic acid groups (broad SMARTS) is 1. The maximum Gasteiger partial charge on any atom is 0.418 e. The molecule has 0 aromatic rings. The molecular weight excluding hydrogens is 124 g/mol. The summed E-state index contributed by atoms with van der Waals surface area (Å²) in [5.41, 5.74) is 1.44. The third kappa shape index (κ3) is 9.24. The Morgan fingerprint density at radius 1 is 1.83 bits per heavy atom. The second-order valence-corrected chi connectivity index (χ2v) is 0.449. The van der Waals surface area contributed by atoms with Gasteiger partial charge in [0.1, 0.15) is 0 Å². The number of amides is 1. The molecular formula is CH4CrN2O2. The summed E-state index contributed by atoms with van der Waals surface area (Å²) in [6.07, 6.45) is -1.22. The molecule has 0 aliphatic rings. The van der Waals surface area contributed by atoms with Crippen LogP contribution in [0.15, 0.2) is 0 Å². The van der Waals surface area contributed by atoms with Gasteiger partial charge in [-0.15, -0.1) is 0 Å². The monoisotopic (exact) mass is 128 g/mol. The predicted octanol–water partition coefficient (Wildman–Crippen LogP) is -0.875. The summed E-state index contributed by atoms with van der Waals surface area (Å²) in [5.74, 6) is 4.32. The second-order valence-electron chi connectivity index (χ2n) is 0.449. The molecule has 0 heterocycles. The van der Waals surface area contributed by atoms with Gasteiger partial charge in [0.25, 0.3) is 0 Å². The number of hydrazine groups is 1. The molecule has 6 heavy (non-hydrogen) atoms. The molecule has 0 fully saturated rings. The zero-order chi connectivity index (χ0) is 4.28. The maximum atomic E-state index is 9.13. The minimum absolute atomic E-state index is 0. The van der Waals surface area contributed by atoms with Crippen molar-refractivity contribution in [1.82, 2.24) is 5.43 Å². The van der Waals surface area contributed by atoms with Gasteiger partial charge in [-0.2, -0.15) is 0 Å². The molecule has 0 aliphatic heterocycles. The number of nitrogens with two attached hydrogens (primary N) is 1. The first-order valence-corrected chi connectivity index (χ1v) is 0.966. The van der Waals surface area contributed by atoms with Crippen LogP contribution in [0.25, 0.3) is 0 Å². The Morgan fingerprint density at radius 2 is 2.00 bits per heavy atom. The maximum absolute atomic E-state index is 9.13. The van der Waals surface area contributed by atoms with Gasteiger partial charge in [-0.3, -0.25) is 5.43 Å². The Labute approximate surface area is 45.4 Å². The van der Waals surface area contributed by atoms with Gasteiger partial charge in [-0.25, -0.2) is 10.6 Å². The van der Waals surface area contributed by atoms with Crippen molar-refractivity contribution < 1.29 is 27.3 Å². The Kier molecular flexibility index (Phi) is 7.33. The number of hydrogen-bond donors (Lipinski definition) is 3. The van der Waals surface area contributed by atoms with Crippen LogP contribution in [0.2, 0.25) is 0 Å².